The van der Waals surface area contributed by atoms with E-state index in [0.29, 0.717) is 17.3 Å². The third-order valence-electron chi connectivity index (χ3n) is 3.13. The molecule has 2 aromatic rings. The first-order valence-electron chi connectivity index (χ1n) is 8.08. The number of nitrogens with one attached hydrogen (secondary N) is 1. The molecular formula is C19H22N2O5. The summed E-state index contributed by atoms with van der Waals surface area (Å²) < 4.78 is 10.9. The monoisotopic (exact) mass is 358 g/mol. The SMILES string of the molecule is Cc1cc(CNC(=O)OC(C)(C)C)cc(Oc2cccc(C(=O)O)c2)n1. The van der Waals surface area contributed by atoms with Gasteiger partial charge in [-0.3, -0.25) is 0 Å². The third kappa shape index (κ3) is 6.08. The van der Waals surface area contributed by atoms with Gasteiger partial charge in [0.2, 0.25) is 5.88 Å². The molecule has 0 unspecified atom stereocenters. The van der Waals surface area contributed by atoms with Crippen LogP contribution < -0.4 is 10.1 Å². The van der Waals surface area contributed by atoms with Crippen LogP contribution in [0.5, 0.6) is 11.6 Å². The lowest BCUT2D eigenvalue weighted by Gasteiger charge is -2.19. The highest BCUT2D eigenvalue weighted by molar-refractivity contribution is 5.88. The minimum Gasteiger partial charge on any atom is -0.478 e. The average Bonchev–Trinajstić information content (AvgIpc) is 2.51. The van der Waals surface area contributed by atoms with Crippen LogP contribution in [0.15, 0.2) is 36.4 Å². The van der Waals surface area contributed by atoms with Crippen molar-refractivity contribution < 1.29 is 24.2 Å². The third-order valence-corrected chi connectivity index (χ3v) is 3.13. The van der Waals surface area contributed by atoms with Crippen LogP contribution in [-0.2, 0) is 11.3 Å². The summed E-state index contributed by atoms with van der Waals surface area (Å²) in [7, 11) is 0. The summed E-state index contributed by atoms with van der Waals surface area (Å²) in [4.78, 5) is 27.1. The van der Waals surface area contributed by atoms with E-state index in [2.05, 4.69) is 10.3 Å². The van der Waals surface area contributed by atoms with Crippen molar-refractivity contribution in [2.75, 3.05) is 0 Å². The van der Waals surface area contributed by atoms with Crippen LogP contribution in [0, 0.1) is 6.92 Å². The van der Waals surface area contributed by atoms with Gasteiger partial charge in [0.15, 0.2) is 0 Å². The Balaban J connectivity index is 2.08. The van der Waals surface area contributed by atoms with E-state index in [4.69, 9.17) is 14.6 Å². The summed E-state index contributed by atoms with van der Waals surface area (Å²) in [6.45, 7) is 7.43. The van der Waals surface area contributed by atoms with Gasteiger partial charge in [0.05, 0.1) is 5.56 Å². The second-order valence-corrected chi connectivity index (χ2v) is 6.75. The molecule has 7 heteroatoms. The maximum atomic E-state index is 11.8. The lowest BCUT2D eigenvalue weighted by atomic mass is 10.2. The number of hydrogen-bond acceptors (Lipinski definition) is 5. The van der Waals surface area contributed by atoms with E-state index in [0.717, 1.165) is 5.56 Å². The number of hydrogen-bond donors (Lipinski definition) is 2. The Bertz CT molecular complexity index is 812. The van der Waals surface area contributed by atoms with Gasteiger partial charge in [-0.15, -0.1) is 0 Å². The van der Waals surface area contributed by atoms with E-state index in [1.807, 2.05) is 6.07 Å². The van der Waals surface area contributed by atoms with Crippen molar-refractivity contribution in [3.05, 3.63) is 53.2 Å². The Morgan fingerprint density at radius 1 is 1.19 bits per heavy atom. The first-order valence-corrected chi connectivity index (χ1v) is 8.08. The number of pyridine rings is 1. The van der Waals surface area contributed by atoms with Gasteiger partial charge in [-0.1, -0.05) is 6.07 Å². The first kappa shape index (κ1) is 19.2. The zero-order chi connectivity index (χ0) is 19.3. The Morgan fingerprint density at radius 2 is 1.92 bits per heavy atom. The zero-order valence-corrected chi connectivity index (χ0v) is 15.2. The molecule has 0 saturated heterocycles. The minimum absolute atomic E-state index is 0.127. The maximum Gasteiger partial charge on any atom is 0.407 e. The van der Waals surface area contributed by atoms with Gasteiger partial charge in [0.1, 0.15) is 11.4 Å². The summed E-state index contributed by atoms with van der Waals surface area (Å²) in [5, 5.41) is 11.7. The van der Waals surface area contributed by atoms with Crippen molar-refractivity contribution in [2.24, 2.45) is 0 Å². The summed E-state index contributed by atoms with van der Waals surface area (Å²) in [6.07, 6.45) is -0.511. The number of alkyl carbamates (subject to hydrolysis) is 1. The van der Waals surface area contributed by atoms with Crippen molar-refractivity contribution in [2.45, 2.75) is 39.8 Å². The number of carboxylic acids is 1. The fourth-order valence-corrected chi connectivity index (χ4v) is 2.16. The zero-order valence-electron chi connectivity index (χ0n) is 15.2. The molecule has 2 rings (SSSR count). The van der Waals surface area contributed by atoms with Crippen LogP contribution in [0.4, 0.5) is 4.79 Å². The van der Waals surface area contributed by atoms with Gasteiger partial charge in [-0.25, -0.2) is 14.6 Å². The molecule has 138 valence electrons. The number of aromatic carboxylic acids is 1. The molecule has 0 aliphatic heterocycles. The molecule has 1 aromatic carbocycles. The van der Waals surface area contributed by atoms with E-state index in [1.54, 1.807) is 45.9 Å². The highest BCUT2D eigenvalue weighted by Gasteiger charge is 2.16. The molecule has 7 nitrogen and oxygen atoms in total. The lowest BCUT2D eigenvalue weighted by molar-refractivity contribution is 0.0523. The molecule has 26 heavy (non-hydrogen) atoms. The number of benzene rings is 1. The lowest BCUT2D eigenvalue weighted by Crippen LogP contribution is -2.32. The smallest absolute Gasteiger partial charge is 0.407 e. The van der Waals surface area contributed by atoms with Crippen molar-refractivity contribution in [3.8, 4) is 11.6 Å². The molecule has 0 bridgehead atoms. The predicted molar refractivity (Wildman–Crippen MR) is 95.5 cm³/mol. The van der Waals surface area contributed by atoms with E-state index in [-0.39, 0.29) is 12.1 Å². The Hall–Kier alpha value is -3.09. The number of ether oxygens (including phenoxy) is 2. The number of aryl methyl sites for hydroxylation is 1. The molecule has 0 fully saturated rings. The first-order chi connectivity index (χ1) is 12.1. The molecule has 1 aromatic heterocycles. The number of carbonyl (C=O) groups is 2. The van der Waals surface area contributed by atoms with Crippen LogP contribution in [0.1, 0.15) is 42.4 Å². The Kier molecular flexibility index (Phi) is 5.82. The second-order valence-electron chi connectivity index (χ2n) is 6.75. The fourth-order valence-electron chi connectivity index (χ4n) is 2.16. The Labute approximate surface area is 152 Å². The summed E-state index contributed by atoms with van der Waals surface area (Å²) in [5.41, 5.74) is 1.05. The van der Waals surface area contributed by atoms with E-state index in [1.165, 1.54) is 12.1 Å². The molecule has 1 heterocycles. The van der Waals surface area contributed by atoms with Gasteiger partial charge >= 0.3 is 12.1 Å². The number of rotatable bonds is 5. The number of aromatic nitrogens is 1. The molecule has 2 N–H and O–H groups in total. The predicted octanol–water partition coefficient (Wildman–Crippen LogP) is 3.91. The number of nitrogens with zero attached hydrogens (tertiary/aromatic N) is 1. The van der Waals surface area contributed by atoms with Gasteiger partial charge in [0.25, 0.3) is 0 Å². The molecule has 0 aliphatic rings. The van der Waals surface area contributed by atoms with Crippen molar-refractivity contribution in [1.29, 1.82) is 0 Å². The normalized spacial score (nSPS) is 10.9. The summed E-state index contributed by atoms with van der Waals surface area (Å²) in [5.74, 6) is -0.350. The van der Waals surface area contributed by atoms with Crippen LogP contribution in [0.2, 0.25) is 0 Å². The molecular weight excluding hydrogens is 336 g/mol. The highest BCUT2D eigenvalue weighted by atomic mass is 16.6. The molecule has 0 aliphatic carbocycles. The van der Waals surface area contributed by atoms with Gasteiger partial charge in [0, 0.05) is 18.3 Å². The van der Waals surface area contributed by atoms with E-state index in [9.17, 15) is 9.59 Å². The quantitative estimate of drug-likeness (QED) is 0.841. The highest BCUT2D eigenvalue weighted by Crippen LogP contribution is 2.22. The standard InChI is InChI=1S/C19H22N2O5/c1-12-8-13(11-20-18(24)26-19(2,3)4)9-16(21-12)25-15-7-5-6-14(10-15)17(22)23/h5-10H,11H2,1-4H3,(H,20,24)(H,22,23). The van der Waals surface area contributed by atoms with Gasteiger partial charge < -0.3 is 19.9 Å². The largest absolute Gasteiger partial charge is 0.478 e. The number of amides is 1. The van der Waals surface area contributed by atoms with E-state index < -0.39 is 17.7 Å². The number of carbonyl (C=O) groups excluding carboxylic acids is 1. The van der Waals surface area contributed by atoms with Crippen molar-refractivity contribution in [1.82, 2.24) is 10.3 Å². The second kappa shape index (κ2) is 7.86. The van der Waals surface area contributed by atoms with E-state index >= 15 is 0 Å². The van der Waals surface area contributed by atoms with Crippen LogP contribution in [-0.4, -0.2) is 27.8 Å². The van der Waals surface area contributed by atoms with Crippen molar-refractivity contribution >= 4 is 12.1 Å². The topological polar surface area (TPSA) is 97.8 Å². The van der Waals surface area contributed by atoms with Crippen molar-refractivity contribution in [3.63, 3.8) is 0 Å². The Morgan fingerprint density at radius 3 is 2.58 bits per heavy atom. The average molecular weight is 358 g/mol. The van der Waals surface area contributed by atoms with Crippen LogP contribution in [0.25, 0.3) is 0 Å². The maximum absolute atomic E-state index is 11.8. The molecule has 0 atom stereocenters. The molecule has 0 saturated carbocycles. The van der Waals surface area contributed by atoms with Crippen LogP contribution in [0.3, 0.4) is 0 Å². The van der Waals surface area contributed by atoms with Gasteiger partial charge in [-0.2, -0.15) is 0 Å². The minimum atomic E-state index is -1.03. The summed E-state index contributed by atoms with van der Waals surface area (Å²) in [6, 6.07) is 9.64. The fraction of sp³-hybridized carbons (Fsp3) is 0.316. The molecule has 0 radical (unpaired) electrons. The van der Waals surface area contributed by atoms with Gasteiger partial charge in [-0.05, 0) is 57.5 Å². The number of carboxylic acid groups (broad SMARTS) is 1. The molecule has 1 amide bonds. The summed E-state index contributed by atoms with van der Waals surface area (Å²) >= 11 is 0. The molecule has 0 spiro atoms. The van der Waals surface area contributed by atoms with Crippen LogP contribution >= 0.6 is 0 Å².